The van der Waals surface area contributed by atoms with E-state index < -0.39 is 11.6 Å². The summed E-state index contributed by atoms with van der Waals surface area (Å²) in [4.78, 5) is 22.5. The minimum atomic E-state index is -0.624. The molecule has 0 N–H and O–H groups in total. The summed E-state index contributed by atoms with van der Waals surface area (Å²) in [6, 6.07) is 12.8. The molecule has 5 rings (SSSR count). The van der Waals surface area contributed by atoms with E-state index in [2.05, 4.69) is 42.2 Å². The first-order valence-electron chi connectivity index (χ1n) is 12.8. The molecule has 0 aliphatic heterocycles. The largest absolute Gasteiger partial charge is 0.331 e. The van der Waals surface area contributed by atoms with Crippen molar-refractivity contribution < 1.29 is 13.6 Å². The first-order valence-corrected chi connectivity index (χ1v) is 14.0. The molecule has 8 heteroatoms. The fourth-order valence-corrected chi connectivity index (χ4v) is 6.87. The Hall–Kier alpha value is -2.87. The Kier molecular flexibility index (Phi) is 7.80. The third-order valence-corrected chi connectivity index (χ3v) is 9.35. The molecule has 1 fully saturated rings. The van der Waals surface area contributed by atoms with Crippen molar-refractivity contribution in [3.8, 4) is 11.1 Å². The molecule has 4 nitrogen and oxygen atoms in total. The van der Waals surface area contributed by atoms with Crippen LogP contribution in [0.5, 0.6) is 0 Å². The van der Waals surface area contributed by atoms with Gasteiger partial charge in [-0.2, -0.15) is 0 Å². The first kappa shape index (κ1) is 26.7. The lowest BCUT2D eigenvalue weighted by Gasteiger charge is -2.39. The standard InChI is InChI=1S/C30H30ClF2N3OS/c1-18-4-5-20(19-12-14-34-15-13-19)16-21(18)17-36(23-8-6-22(7-9-23)35(2)3)30(37)29-27(31)26-24(32)10-11-25(33)28(26)38-29/h4-5,10-16,22-23H,6-9,17H2,1-3H3/t22-,23-. The Balaban J connectivity index is 1.53. The minimum Gasteiger partial charge on any atom is -0.331 e. The number of benzene rings is 2. The van der Waals surface area contributed by atoms with Crippen LogP contribution in [-0.4, -0.2) is 46.9 Å². The van der Waals surface area contributed by atoms with Gasteiger partial charge in [0, 0.05) is 31.0 Å². The summed E-state index contributed by atoms with van der Waals surface area (Å²) in [5.74, 6) is -1.48. The minimum absolute atomic E-state index is 0.00125. The second kappa shape index (κ2) is 11.1. The number of halogens is 3. The van der Waals surface area contributed by atoms with E-state index in [-0.39, 0.29) is 31.9 Å². The Morgan fingerprint density at radius 1 is 0.974 bits per heavy atom. The molecule has 38 heavy (non-hydrogen) atoms. The molecular weight excluding hydrogens is 524 g/mol. The molecule has 0 radical (unpaired) electrons. The van der Waals surface area contributed by atoms with Gasteiger partial charge in [0.2, 0.25) is 0 Å². The number of pyridine rings is 1. The molecule has 2 aromatic heterocycles. The molecule has 0 atom stereocenters. The highest BCUT2D eigenvalue weighted by atomic mass is 35.5. The van der Waals surface area contributed by atoms with Crippen LogP contribution >= 0.6 is 22.9 Å². The number of rotatable bonds is 6. The molecule has 0 unspecified atom stereocenters. The lowest BCUT2D eigenvalue weighted by Crippen LogP contribution is -2.44. The predicted molar refractivity (Wildman–Crippen MR) is 151 cm³/mol. The highest BCUT2D eigenvalue weighted by Crippen LogP contribution is 2.40. The Labute approximate surface area is 230 Å². The summed E-state index contributed by atoms with van der Waals surface area (Å²) < 4.78 is 29.2. The van der Waals surface area contributed by atoms with Gasteiger partial charge in [-0.05, 0) is 99.3 Å². The summed E-state index contributed by atoms with van der Waals surface area (Å²) in [5.41, 5.74) is 4.18. The summed E-state index contributed by atoms with van der Waals surface area (Å²) in [6.07, 6.45) is 7.17. The smallest absolute Gasteiger partial charge is 0.266 e. The highest BCUT2D eigenvalue weighted by molar-refractivity contribution is 7.21. The van der Waals surface area contributed by atoms with Gasteiger partial charge in [0.25, 0.3) is 5.91 Å². The fraction of sp³-hybridized carbons (Fsp3) is 0.333. The molecule has 2 heterocycles. The number of hydrogen-bond donors (Lipinski definition) is 0. The number of carbonyl (C=O) groups is 1. The first-order chi connectivity index (χ1) is 18.2. The van der Waals surface area contributed by atoms with E-state index in [9.17, 15) is 13.6 Å². The molecular formula is C30H30ClF2N3OS. The average molecular weight is 554 g/mol. The predicted octanol–water partition coefficient (Wildman–Crippen LogP) is 7.72. The van der Waals surface area contributed by atoms with Crippen molar-refractivity contribution in [3.63, 3.8) is 0 Å². The number of aromatic nitrogens is 1. The quantitative estimate of drug-likeness (QED) is 0.245. The third kappa shape index (κ3) is 5.20. The van der Waals surface area contributed by atoms with E-state index in [0.29, 0.717) is 12.6 Å². The molecule has 1 amide bonds. The van der Waals surface area contributed by atoms with Gasteiger partial charge in [-0.25, -0.2) is 8.78 Å². The van der Waals surface area contributed by atoms with Crippen LogP contribution in [0.2, 0.25) is 5.02 Å². The summed E-state index contributed by atoms with van der Waals surface area (Å²) in [7, 11) is 4.17. The Bertz CT molecular complexity index is 1470. The van der Waals surface area contributed by atoms with Gasteiger partial charge in [0.1, 0.15) is 16.5 Å². The number of fused-ring (bicyclic) bond motifs is 1. The van der Waals surface area contributed by atoms with Crippen molar-refractivity contribution in [1.82, 2.24) is 14.8 Å². The van der Waals surface area contributed by atoms with Gasteiger partial charge in [-0.1, -0.05) is 23.7 Å². The van der Waals surface area contributed by atoms with Crippen LogP contribution in [0.25, 0.3) is 21.2 Å². The zero-order valence-corrected chi connectivity index (χ0v) is 23.3. The fourth-order valence-electron chi connectivity index (χ4n) is 5.37. The number of amides is 1. The van der Waals surface area contributed by atoms with E-state index in [0.717, 1.165) is 71.4 Å². The van der Waals surface area contributed by atoms with E-state index in [1.807, 2.05) is 24.0 Å². The second-order valence-electron chi connectivity index (χ2n) is 10.2. The Morgan fingerprint density at radius 3 is 2.29 bits per heavy atom. The van der Waals surface area contributed by atoms with Crippen molar-refractivity contribution in [1.29, 1.82) is 0 Å². The van der Waals surface area contributed by atoms with Gasteiger partial charge in [0.05, 0.1) is 15.1 Å². The van der Waals surface area contributed by atoms with Crippen LogP contribution in [0.3, 0.4) is 0 Å². The number of hydrogen-bond acceptors (Lipinski definition) is 4. The third-order valence-electron chi connectivity index (χ3n) is 7.68. The van der Waals surface area contributed by atoms with E-state index in [4.69, 9.17) is 11.6 Å². The van der Waals surface area contributed by atoms with Crippen LogP contribution in [0.15, 0.2) is 54.9 Å². The van der Waals surface area contributed by atoms with Crippen LogP contribution in [-0.2, 0) is 6.54 Å². The van der Waals surface area contributed by atoms with Gasteiger partial charge in [-0.15, -0.1) is 11.3 Å². The molecule has 0 spiro atoms. The van der Waals surface area contributed by atoms with Crippen LogP contribution in [0.4, 0.5) is 8.78 Å². The number of carbonyl (C=O) groups excluding carboxylic acids is 1. The molecule has 198 valence electrons. The maximum atomic E-state index is 14.6. The van der Waals surface area contributed by atoms with Crippen molar-refractivity contribution >= 4 is 38.9 Å². The number of thiophene rings is 1. The molecule has 1 aliphatic rings. The van der Waals surface area contributed by atoms with E-state index >= 15 is 0 Å². The van der Waals surface area contributed by atoms with Crippen LogP contribution in [0, 0.1) is 18.6 Å². The lowest BCUT2D eigenvalue weighted by atomic mass is 9.89. The monoisotopic (exact) mass is 553 g/mol. The van der Waals surface area contributed by atoms with Gasteiger partial charge < -0.3 is 9.80 Å². The number of aryl methyl sites for hydroxylation is 1. The van der Waals surface area contributed by atoms with Crippen molar-refractivity contribution in [2.45, 2.75) is 51.2 Å². The molecule has 0 bridgehead atoms. The topological polar surface area (TPSA) is 36.4 Å². The van der Waals surface area contributed by atoms with Crippen molar-refractivity contribution in [2.75, 3.05) is 14.1 Å². The molecule has 1 aliphatic carbocycles. The van der Waals surface area contributed by atoms with Crippen molar-refractivity contribution in [3.05, 3.63) is 87.5 Å². The van der Waals surface area contributed by atoms with Gasteiger partial charge in [-0.3, -0.25) is 9.78 Å². The van der Waals surface area contributed by atoms with Gasteiger partial charge >= 0.3 is 0 Å². The maximum absolute atomic E-state index is 14.6. The lowest BCUT2D eigenvalue weighted by molar-refractivity contribution is 0.0574. The normalized spacial score (nSPS) is 17.8. The summed E-state index contributed by atoms with van der Waals surface area (Å²) in [5, 5.41) is -0.0339. The SMILES string of the molecule is Cc1ccc(-c2ccncc2)cc1CN(C(=O)c1sc2c(F)ccc(F)c2c1Cl)[C@H]1CC[C@H](N(C)C)CC1. The summed E-state index contributed by atoms with van der Waals surface area (Å²) in [6.45, 7) is 2.42. The highest BCUT2D eigenvalue weighted by Gasteiger charge is 2.33. The summed E-state index contributed by atoms with van der Waals surface area (Å²) >= 11 is 7.49. The molecule has 1 saturated carbocycles. The van der Waals surface area contributed by atoms with Gasteiger partial charge in [0.15, 0.2) is 0 Å². The second-order valence-corrected chi connectivity index (χ2v) is 11.6. The Morgan fingerprint density at radius 2 is 1.63 bits per heavy atom. The van der Waals surface area contributed by atoms with Crippen LogP contribution < -0.4 is 0 Å². The molecule has 4 aromatic rings. The van der Waals surface area contributed by atoms with E-state index in [1.54, 1.807) is 12.4 Å². The maximum Gasteiger partial charge on any atom is 0.266 e. The zero-order valence-electron chi connectivity index (χ0n) is 21.7. The average Bonchev–Trinajstić information content (AvgIpc) is 3.29. The molecule has 2 aromatic carbocycles. The molecule has 0 saturated heterocycles. The van der Waals surface area contributed by atoms with E-state index in [1.165, 1.54) is 0 Å². The van der Waals surface area contributed by atoms with Crippen molar-refractivity contribution in [2.24, 2.45) is 0 Å². The zero-order chi connectivity index (χ0) is 27.0. The number of nitrogens with zero attached hydrogens (tertiary/aromatic N) is 3. The van der Waals surface area contributed by atoms with Crippen LogP contribution in [0.1, 0.15) is 46.5 Å².